The smallest absolute Gasteiger partial charge is 0.251 e. The fourth-order valence-electron chi connectivity index (χ4n) is 4.01. The Hall–Kier alpha value is -4.12. The van der Waals surface area contributed by atoms with E-state index in [2.05, 4.69) is 33.8 Å². The van der Waals surface area contributed by atoms with Gasteiger partial charge in [-0.2, -0.15) is 0 Å². The first-order valence-electron chi connectivity index (χ1n) is 10.5. The fourth-order valence-corrected chi connectivity index (χ4v) is 4.01. The van der Waals surface area contributed by atoms with Crippen LogP contribution in [-0.4, -0.2) is 21.2 Å². The first-order chi connectivity index (χ1) is 15.7. The second-order valence-corrected chi connectivity index (χ2v) is 7.77. The average molecular weight is 422 g/mol. The maximum absolute atomic E-state index is 12.9. The third-order valence-electron chi connectivity index (χ3n) is 5.74. The lowest BCUT2D eigenvalue weighted by Crippen LogP contribution is -2.20. The fraction of sp³-hybridized carbons (Fsp3) is 0.111. The third kappa shape index (κ3) is 3.93. The molecule has 0 N–H and O–H groups in total. The Balaban J connectivity index is 1.40. The molecule has 0 saturated carbocycles. The molecule has 0 saturated heterocycles. The molecule has 0 spiro atoms. The Morgan fingerprint density at radius 1 is 0.875 bits per heavy atom. The molecule has 5 heteroatoms. The highest BCUT2D eigenvalue weighted by atomic mass is 16.5. The number of benzene rings is 3. The monoisotopic (exact) mass is 421 g/mol. The van der Waals surface area contributed by atoms with E-state index in [1.54, 1.807) is 24.1 Å². The highest BCUT2D eigenvalue weighted by molar-refractivity contribution is 5.96. The summed E-state index contributed by atoms with van der Waals surface area (Å²) in [5.41, 5.74) is 4.07. The second-order valence-electron chi connectivity index (χ2n) is 7.77. The number of imidazole rings is 1. The Labute approximate surface area is 186 Å². The number of fused-ring (bicyclic) bond motifs is 1. The summed E-state index contributed by atoms with van der Waals surface area (Å²) in [4.78, 5) is 17.2. The average Bonchev–Trinajstić information content (AvgIpc) is 3.27. The summed E-state index contributed by atoms with van der Waals surface area (Å²) < 4.78 is 9.01. The molecule has 0 aliphatic heterocycles. The van der Waals surface area contributed by atoms with Gasteiger partial charge in [0.1, 0.15) is 5.75 Å². The lowest BCUT2D eigenvalue weighted by molar-refractivity contribution is 0.414. The second kappa shape index (κ2) is 8.55. The number of methoxy groups -OCH3 is 1. The SMILES string of the molecule is COc1ccc(Cn2cncc2Cn2ccc(-c3cccc4ccccc34)cc2=O)cc1. The minimum Gasteiger partial charge on any atom is -0.497 e. The molecule has 2 heterocycles. The lowest BCUT2D eigenvalue weighted by atomic mass is 9.99. The standard InChI is InChI=1S/C27H23N3O2/c1-32-24-11-9-20(10-12-24)17-30-19-28-16-23(30)18-29-14-13-22(15-27(29)31)26-8-4-6-21-5-2-3-7-25(21)26/h2-16,19H,17-18H2,1H3. The summed E-state index contributed by atoms with van der Waals surface area (Å²) in [7, 11) is 1.66. The van der Waals surface area contributed by atoms with Crippen molar-refractivity contribution in [3.05, 3.63) is 119 Å². The largest absolute Gasteiger partial charge is 0.497 e. The van der Waals surface area contributed by atoms with Gasteiger partial charge in [0.2, 0.25) is 0 Å². The van der Waals surface area contributed by atoms with Gasteiger partial charge in [-0.1, -0.05) is 54.6 Å². The van der Waals surface area contributed by atoms with Gasteiger partial charge in [-0.05, 0) is 45.7 Å². The van der Waals surface area contributed by atoms with E-state index in [0.29, 0.717) is 13.1 Å². The van der Waals surface area contributed by atoms with Crippen LogP contribution in [0.1, 0.15) is 11.3 Å². The summed E-state index contributed by atoms with van der Waals surface area (Å²) in [6.07, 6.45) is 5.48. The number of hydrogen-bond acceptors (Lipinski definition) is 3. The molecule has 3 aromatic carbocycles. The van der Waals surface area contributed by atoms with Crippen LogP contribution in [0.3, 0.4) is 0 Å². The van der Waals surface area contributed by atoms with E-state index < -0.39 is 0 Å². The molecule has 0 fully saturated rings. The van der Waals surface area contributed by atoms with Crippen LogP contribution in [0.2, 0.25) is 0 Å². The van der Waals surface area contributed by atoms with Gasteiger partial charge < -0.3 is 13.9 Å². The molecule has 0 radical (unpaired) electrons. The first kappa shape index (κ1) is 19.8. The van der Waals surface area contributed by atoms with Crippen molar-refractivity contribution in [2.24, 2.45) is 0 Å². The summed E-state index contributed by atoms with van der Waals surface area (Å²) in [5, 5.41) is 2.31. The molecular weight excluding hydrogens is 398 g/mol. The van der Waals surface area contributed by atoms with Crippen molar-refractivity contribution in [2.75, 3.05) is 7.11 Å². The Bertz CT molecular complexity index is 1430. The predicted octanol–water partition coefficient (Wildman–Crippen LogP) is 4.97. The van der Waals surface area contributed by atoms with Gasteiger partial charge in [-0.25, -0.2) is 4.98 Å². The van der Waals surface area contributed by atoms with Crippen LogP contribution < -0.4 is 10.3 Å². The number of pyridine rings is 1. The van der Waals surface area contributed by atoms with E-state index in [0.717, 1.165) is 38.9 Å². The van der Waals surface area contributed by atoms with Crippen LogP contribution in [0.5, 0.6) is 5.75 Å². The number of ether oxygens (including phenoxy) is 1. The van der Waals surface area contributed by atoms with E-state index in [1.165, 1.54) is 0 Å². The molecule has 158 valence electrons. The normalized spacial score (nSPS) is 11.0. The lowest BCUT2D eigenvalue weighted by Gasteiger charge is -2.12. The van der Waals surface area contributed by atoms with Crippen molar-refractivity contribution in [1.82, 2.24) is 14.1 Å². The van der Waals surface area contributed by atoms with E-state index in [4.69, 9.17) is 4.74 Å². The van der Waals surface area contributed by atoms with Crippen LogP contribution in [0.15, 0.2) is 102 Å². The van der Waals surface area contributed by atoms with Crippen molar-refractivity contribution < 1.29 is 4.74 Å². The molecule has 5 aromatic rings. The Kier molecular flexibility index (Phi) is 5.30. The molecule has 0 atom stereocenters. The molecule has 0 aliphatic rings. The van der Waals surface area contributed by atoms with Crippen LogP contribution in [0, 0.1) is 0 Å². The zero-order valence-electron chi connectivity index (χ0n) is 17.8. The quantitative estimate of drug-likeness (QED) is 0.389. The zero-order valence-corrected chi connectivity index (χ0v) is 17.8. The molecule has 0 aliphatic carbocycles. The molecule has 2 aromatic heterocycles. The molecule has 5 rings (SSSR count). The van der Waals surface area contributed by atoms with Gasteiger partial charge in [0.25, 0.3) is 5.56 Å². The number of hydrogen-bond donors (Lipinski definition) is 0. The van der Waals surface area contributed by atoms with Gasteiger partial charge in [-0.15, -0.1) is 0 Å². The van der Waals surface area contributed by atoms with E-state index >= 15 is 0 Å². The highest BCUT2D eigenvalue weighted by Gasteiger charge is 2.09. The zero-order chi connectivity index (χ0) is 21.9. The van der Waals surface area contributed by atoms with Crippen molar-refractivity contribution in [1.29, 1.82) is 0 Å². The minimum absolute atomic E-state index is 0.0346. The highest BCUT2D eigenvalue weighted by Crippen LogP contribution is 2.27. The van der Waals surface area contributed by atoms with Gasteiger partial charge >= 0.3 is 0 Å². The number of nitrogens with zero attached hydrogens (tertiary/aromatic N) is 3. The minimum atomic E-state index is -0.0346. The van der Waals surface area contributed by atoms with Crippen molar-refractivity contribution >= 4 is 10.8 Å². The third-order valence-corrected chi connectivity index (χ3v) is 5.74. The van der Waals surface area contributed by atoms with E-state index in [1.807, 2.05) is 60.9 Å². The summed E-state index contributed by atoms with van der Waals surface area (Å²) in [5.74, 6) is 0.831. The van der Waals surface area contributed by atoms with Crippen molar-refractivity contribution in [3.8, 4) is 16.9 Å². The number of rotatable bonds is 6. The Morgan fingerprint density at radius 3 is 2.50 bits per heavy atom. The first-order valence-corrected chi connectivity index (χ1v) is 10.5. The molecule has 0 unspecified atom stereocenters. The van der Waals surface area contributed by atoms with Crippen molar-refractivity contribution in [3.63, 3.8) is 0 Å². The summed E-state index contributed by atoms with van der Waals surface area (Å²) >= 11 is 0. The molecule has 0 amide bonds. The Morgan fingerprint density at radius 2 is 1.69 bits per heavy atom. The van der Waals surface area contributed by atoms with Gasteiger partial charge in [0, 0.05) is 25.0 Å². The van der Waals surface area contributed by atoms with Crippen molar-refractivity contribution in [2.45, 2.75) is 13.1 Å². The predicted molar refractivity (Wildman–Crippen MR) is 127 cm³/mol. The van der Waals surface area contributed by atoms with Gasteiger partial charge in [0.05, 0.1) is 25.7 Å². The topological polar surface area (TPSA) is 49.0 Å². The maximum Gasteiger partial charge on any atom is 0.251 e. The number of aromatic nitrogens is 3. The maximum atomic E-state index is 12.9. The van der Waals surface area contributed by atoms with E-state index in [9.17, 15) is 4.79 Å². The van der Waals surface area contributed by atoms with Crippen LogP contribution in [-0.2, 0) is 13.1 Å². The molecular formula is C27H23N3O2. The van der Waals surface area contributed by atoms with Gasteiger partial charge in [0.15, 0.2) is 0 Å². The van der Waals surface area contributed by atoms with Crippen LogP contribution >= 0.6 is 0 Å². The summed E-state index contributed by atoms with van der Waals surface area (Å²) in [6.45, 7) is 1.15. The molecule has 0 bridgehead atoms. The van der Waals surface area contributed by atoms with E-state index in [-0.39, 0.29) is 5.56 Å². The van der Waals surface area contributed by atoms with Crippen LogP contribution in [0.4, 0.5) is 0 Å². The summed E-state index contributed by atoms with van der Waals surface area (Å²) in [6, 6.07) is 26.1. The van der Waals surface area contributed by atoms with Gasteiger partial charge in [-0.3, -0.25) is 4.79 Å². The van der Waals surface area contributed by atoms with Crippen LogP contribution in [0.25, 0.3) is 21.9 Å². The molecule has 5 nitrogen and oxygen atoms in total. The molecule has 32 heavy (non-hydrogen) atoms.